The van der Waals surface area contributed by atoms with Crippen molar-refractivity contribution in [1.29, 1.82) is 0 Å². The molecule has 2 rings (SSSR count). The number of para-hydroxylation sites is 1. The average molecular weight is 512 g/mol. The van der Waals surface area contributed by atoms with Crippen LogP contribution in [0.3, 0.4) is 0 Å². The number of phenols is 1. The first-order valence-corrected chi connectivity index (χ1v) is 12.6. The maximum Gasteiger partial charge on any atom is 0.408 e. The van der Waals surface area contributed by atoms with Crippen molar-refractivity contribution in [3.8, 4) is 5.75 Å². The highest BCUT2D eigenvalue weighted by Gasteiger charge is 2.43. The zero-order chi connectivity index (χ0) is 28.0. The molecule has 8 heteroatoms. The van der Waals surface area contributed by atoms with Gasteiger partial charge in [0.15, 0.2) is 0 Å². The summed E-state index contributed by atoms with van der Waals surface area (Å²) in [5, 5.41) is 16.5. The molecule has 0 aliphatic rings. The van der Waals surface area contributed by atoms with Gasteiger partial charge in [0.05, 0.1) is 0 Å². The minimum atomic E-state index is -1.14. The Hall–Kier alpha value is -3.55. The molecule has 0 aliphatic heterocycles. The highest BCUT2D eigenvalue weighted by molar-refractivity contribution is 5.93. The summed E-state index contributed by atoms with van der Waals surface area (Å²) in [6.45, 7) is 14.4. The van der Waals surface area contributed by atoms with Crippen molar-refractivity contribution in [2.24, 2.45) is 0 Å². The first-order chi connectivity index (χ1) is 17.2. The number of amides is 3. The van der Waals surface area contributed by atoms with Crippen molar-refractivity contribution in [2.45, 2.75) is 91.6 Å². The van der Waals surface area contributed by atoms with Gasteiger partial charge in [-0.3, -0.25) is 9.59 Å². The quantitative estimate of drug-likeness (QED) is 0.440. The van der Waals surface area contributed by atoms with Crippen LogP contribution in [0.4, 0.5) is 4.79 Å². The Bertz CT molecular complexity index is 1090. The number of hydrogen-bond donors (Lipinski definition) is 3. The highest BCUT2D eigenvalue weighted by atomic mass is 16.6. The lowest BCUT2D eigenvalue weighted by atomic mass is 9.91. The first kappa shape index (κ1) is 29.7. The summed E-state index contributed by atoms with van der Waals surface area (Å²) < 4.78 is 5.33. The van der Waals surface area contributed by atoms with Crippen LogP contribution in [-0.2, 0) is 20.9 Å². The van der Waals surface area contributed by atoms with Crippen LogP contribution >= 0.6 is 0 Å². The molecular weight excluding hydrogens is 470 g/mol. The van der Waals surface area contributed by atoms with Crippen LogP contribution in [0.15, 0.2) is 48.5 Å². The zero-order valence-electron chi connectivity index (χ0n) is 23.2. The van der Waals surface area contributed by atoms with Gasteiger partial charge < -0.3 is 25.4 Å². The second kappa shape index (κ2) is 12.1. The van der Waals surface area contributed by atoms with E-state index in [1.807, 2.05) is 51.1 Å². The maximum absolute atomic E-state index is 13.9. The van der Waals surface area contributed by atoms with Crippen LogP contribution in [0.1, 0.15) is 77.6 Å². The van der Waals surface area contributed by atoms with Crippen molar-refractivity contribution in [2.75, 3.05) is 0 Å². The molecule has 2 aromatic carbocycles. The maximum atomic E-state index is 13.9. The topological polar surface area (TPSA) is 108 Å². The van der Waals surface area contributed by atoms with E-state index in [9.17, 15) is 19.5 Å². The number of benzene rings is 2. The van der Waals surface area contributed by atoms with Crippen LogP contribution < -0.4 is 10.6 Å². The molecule has 202 valence electrons. The third-order valence-corrected chi connectivity index (χ3v) is 6.24. The summed E-state index contributed by atoms with van der Waals surface area (Å²) >= 11 is 0. The van der Waals surface area contributed by atoms with Gasteiger partial charge in [-0.25, -0.2) is 4.79 Å². The van der Waals surface area contributed by atoms with E-state index in [4.69, 9.17) is 4.74 Å². The Morgan fingerprint density at radius 2 is 1.62 bits per heavy atom. The number of nitrogens with one attached hydrogen (secondary N) is 2. The van der Waals surface area contributed by atoms with Gasteiger partial charge in [-0.05, 0) is 66.0 Å². The van der Waals surface area contributed by atoms with Gasteiger partial charge in [-0.15, -0.1) is 0 Å². The molecular formula is C29H41N3O5. The zero-order valence-corrected chi connectivity index (χ0v) is 23.2. The minimum absolute atomic E-state index is 0.0557. The van der Waals surface area contributed by atoms with Gasteiger partial charge >= 0.3 is 6.09 Å². The molecule has 3 N–H and O–H groups in total. The Labute approximate surface area is 220 Å². The fourth-order valence-corrected chi connectivity index (χ4v) is 3.88. The van der Waals surface area contributed by atoms with E-state index < -0.39 is 41.1 Å². The molecule has 2 aromatic rings. The van der Waals surface area contributed by atoms with Crippen LogP contribution in [0.2, 0.25) is 0 Å². The van der Waals surface area contributed by atoms with Gasteiger partial charge in [-0.1, -0.05) is 55.5 Å². The average Bonchev–Trinajstić information content (AvgIpc) is 2.81. The molecule has 0 radical (unpaired) electrons. The molecule has 0 saturated heterocycles. The predicted octanol–water partition coefficient (Wildman–Crippen LogP) is 4.99. The normalized spacial score (nSPS) is 13.3. The number of rotatable bonds is 9. The van der Waals surface area contributed by atoms with Gasteiger partial charge in [0, 0.05) is 17.6 Å². The van der Waals surface area contributed by atoms with E-state index in [0.29, 0.717) is 17.5 Å². The summed E-state index contributed by atoms with van der Waals surface area (Å²) in [7, 11) is 0. The fraction of sp³-hybridized carbons (Fsp3) is 0.483. The van der Waals surface area contributed by atoms with Gasteiger partial charge in [0.1, 0.15) is 23.4 Å². The van der Waals surface area contributed by atoms with Gasteiger partial charge in [-0.2, -0.15) is 0 Å². The number of hydrogen-bond acceptors (Lipinski definition) is 5. The Morgan fingerprint density at radius 3 is 2.19 bits per heavy atom. The fourth-order valence-electron chi connectivity index (χ4n) is 3.88. The number of ether oxygens (including phenoxy) is 1. The second-order valence-corrected chi connectivity index (χ2v) is 10.9. The number of carbonyl (C=O) groups excluding carboxylic acids is 3. The SMILES string of the molecule is CCC(C)(C)N(C(=O)C(C)NC(=O)OC(C)(C)C)C(C(=O)NCc1ccccc1)c1cccc(C)c1O. The largest absolute Gasteiger partial charge is 0.507 e. The lowest BCUT2D eigenvalue weighted by Gasteiger charge is -2.44. The summed E-state index contributed by atoms with van der Waals surface area (Å²) in [4.78, 5) is 41.6. The highest BCUT2D eigenvalue weighted by Crippen LogP contribution is 2.37. The van der Waals surface area contributed by atoms with E-state index in [2.05, 4.69) is 10.6 Å². The van der Waals surface area contributed by atoms with Crippen molar-refractivity contribution < 1.29 is 24.2 Å². The summed E-state index contributed by atoms with van der Waals surface area (Å²) in [6.07, 6.45) is -0.210. The number of alkyl carbamates (subject to hydrolysis) is 1. The first-order valence-electron chi connectivity index (χ1n) is 12.6. The molecule has 2 unspecified atom stereocenters. The lowest BCUT2D eigenvalue weighted by molar-refractivity contribution is -0.149. The van der Waals surface area contributed by atoms with Crippen molar-refractivity contribution in [3.05, 3.63) is 65.2 Å². The van der Waals surface area contributed by atoms with Gasteiger partial charge in [0.25, 0.3) is 0 Å². The monoisotopic (exact) mass is 511 g/mol. The smallest absolute Gasteiger partial charge is 0.408 e. The van der Waals surface area contributed by atoms with Crippen molar-refractivity contribution >= 4 is 17.9 Å². The number of nitrogens with zero attached hydrogens (tertiary/aromatic N) is 1. The summed E-state index contributed by atoms with van der Waals surface area (Å²) in [6, 6.07) is 12.4. The Morgan fingerprint density at radius 1 is 1.00 bits per heavy atom. The van der Waals surface area contributed by atoms with Crippen LogP contribution in [0.5, 0.6) is 5.75 Å². The molecule has 8 nitrogen and oxygen atoms in total. The minimum Gasteiger partial charge on any atom is -0.507 e. The predicted molar refractivity (Wildman–Crippen MR) is 144 cm³/mol. The van der Waals surface area contributed by atoms with Crippen LogP contribution in [-0.4, -0.2) is 45.1 Å². The summed E-state index contributed by atoms with van der Waals surface area (Å²) in [5.74, 6) is -0.970. The van der Waals surface area contributed by atoms with E-state index in [1.165, 1.54) is 4.90 Å². The third-order valence-electron chi connectivity index (χ3n) is 6.24. The third kappa shape index (κ3) is 7.97. The molecule has 0 heterocycles. The van der Waals surface area contributed by atoms with E-state index in [0.717, 1.165) is 5.56 Å². The van der Waals surface area contributed by atoms with Gasteiger partial charge in [0.2, 0.25) is 11.8 Å². The molecule has 0 aliphatic carbocycles. The van der Waals surface area contributed by atoms with E-state index >= 15 is 0 Å². The molecule has 0 spiro atoms. The van der Waals surface area contributed by atoms with Crippen LogP contribution in [0.25, 0.3) is 0 Å². The number of aryl methyl sites for hydroxylation is 1. The molecule has 0 saturated carbocycles. The van der Waals surface area contributed by atoms with Crippen molar-refractivity contribution in [1.82, 2.24) is 15.5 Å². The van der Waals surface area contributed by atoms with Crippen molar-refractivity contribution in [3.63, 3.8) is 0 Å². The second-order valence-electron chi connectivity index (χ2n) is 10.9. The van der Waals surface area contributed by atoms with E-state index in [1.54, 1.807) is 52.8 Å². The Balaban J connectivity index is 2.52. The summed E-state index contributed by atoms with van der Waals surface area (Å²) in [5.41, 5.74) is 0.259. The molecule has 3 amide bonds. The molecule has 0 bridgehead atoms. The molecule has 0 aromatic heterocycles. The standard InChI is InChI=1S/C29H41N3O5/c1-9-29(7,8)32(26(35)20(3)31-27(36)37-28(4,5)6)23(22-17-13-14-19(2)24(22)33)25(34)30-18-21-15-11-10-12-16-21/h10-17,20,23,33H,9,18H2,1-8H3,(H,30,34)(H,31,36). The number of carbonyl (C=O) groups is 3. The molecule has 2 atom stereocenters. The van der Waals surface area contributed by atoms with Crippen LogP contribution in [0, 0.1) is 6.92 Å². The lowest BCUT2D eigenvalue weighted by Crippen LogP contribution is -2.58. The number of phenolic OH excluding ortho intramolecular Hbond substituents is 1. The Kier molecular flexibility index (Phi) is 9.73. The van der Waals surface area contributed by atoms with E-state index in [-0.39, 0.29) is 12.3 Å². The molecule has 0 fully saturated rings. The molecule has 37 heavy (non-hydrogen) atoms. The number of aromatic hydroxyl groups is 1.